The van der Waals surface area contributed by atoms with Crippen molar-refractivity contribution in [3.8, 4) is 39.9 Å². The van der Waals surface area contributed by atoms with Gasteiger partial charge in [-0.1, -0.05) is 0 Å². The van der Waals surface area contributed by atoms with Gasteiger partial charge in [-0.25, -0.2) is 0 Å². The Labute approximate surface area is 123 Å². The first-order valence-corrected chi connectivity index (χ1v) is 6.32. The second-order valence-corrected chi connectivity index (χ2v) is 4.29. The highest BCUT2D eigenvalue weighted by Gasteiger charge is 2.18. The Kier molecular flexibility index (Phi) is 4.42. The molecule has 5 nitrogen and oxygen atoms in total. The van der Waals surface area contributed by atoms with Crippen molar-refractivity contribution in [2.45, 2.75) is 0 Å². The summed E-state index contributed by atoms with van der Waals surface area (Å²) in [7, 11) is 6.21. The summed E-state index contributed by atoms with van der Waals surface area (Å²) < 4.78 is 21.0. The van der Waals surface area contributed by atoms with Gasteiger partial charge >= 0.3 is 0 Å². The van der Waals surface area contributed by atoms with Crippen molar-refractivity contribution >= 4 is 0 Å². The van der Waals surface area contributed by atoms with Gasteiger partial charge in [-0.3, -0.25) is 0 Å². The fourth-order valence-corrected chi connectivity index (χ4v) is 2.13. The molecule has 112 valence electrons. The van der Waals surface area contributed by atoms with Crippen molar-refractivity contribution in [1.82, 2.24) is 0 Å². The molecule has 2 aromatic rings. The number of aromatic hydroxyl groups is 1. The zero-order valence-corrected chi connectivity index (χ0v) is 12.5. The second-order valence-electron chi connectivity index (χ2n) is 4.29. The van der Waals surface area contributed by atoms with Crippen molar-refractivity contribution in [2.75, 3.05) is 28.4 Å². The number of benzene rings is 2. The molecular weight excluding hydrogens is 272 g/mol. The van der Waals surface area contributed by atoms with Crippen LogP contribution in [0, 0.1) is 0 Å². The second kappa shape index (κ2) is 6.26. The number of rotatable bonds is 5. The first-order chi connectivity index (χ1) is 10.1. The summed E-state index contributed by atoms with van der Waals surface area (Å²) in [4.78, 5) is 0. The first-order valence-electron chi connectivity index (χ1n) is 6.32. The number of methoxy groups -OCH3 is 4. The summed E-state index contributed by atoms with van der Waals surface area (Å²) in [6.45, 7) is 0. The summed E-state index contributed by atoms with van der Waals surface area (Å²) in [5.74, 6) is 2.31. The average Bonchev–Trinajstić information content (AvgIpc) is 2.53. The number of hydrogen-bond acceptors (Lipinski definition) is 5. The molecule has 21 heavy (non-hydrogen) atoms. The molecule has 0 atom stereocenters. The van der Waals surface area contributed by atoms with Gasteiger partial charge in [-0.2, -0.15) is 0 Å². The van der Waals surface area contributed by atoms with Crippen LogP contribution in [0.2, 0.25) is 0 Å². The van der Waals surface area contributed by atoms with E-state index < -0.39 is 0 Å². The smallest absolute Gasteiger partial charge is 0.134 e. The molecule has 0 saturated heterocycles. The van der Waals surface area contributed by atoms with Crippen LogP contribution in [0.5, 0.6) is 28.7 Å². The third-order valence-corrected chi connectivity index (χ3v) is 3.19. The van der Waals surface area contributed by atoms with E-state index in [4.69, 9.17) is 18.9 Å². The fourth-order valence-electron chi connectivity index (χ4n) is 2.13. The standard InChI is InChI=1S/C16H18O5/c1-18-10-5-6-12(14(8-10)20-3)16-13(17)7-11(19-2)9-15(16)21-4/h5-9,17H,1-4H3. The van der Waals surface area contributed by atoms with Crippen LogP contribution >= 0.6 is 0 Å². The van der Waals surface area contributed by atoms with E-state index in [1.807, 2.05) is 6.07 Å². The third-order valence-electron chi connectivity index (χ3n) is 3.19. The molecule has 0 aliphatic rings. The van der Waals surface area contributed by atoms with Crippen LogP contribution in [0.3, 0.4) is 0 Å². The normalized spacial score (nSPS) is 10.1. The molecule has 0 aromatic heterocycles. The van der Waals surface area contributed by atoms with Crippen LogP contribution in [-0.2, 0) is 0 Å². The molecule has 0 fully saturated rings. The van der Waals surface area contributed by atoms with E-state index in [0.717, 1.165) is 0 Å². The third kappa shape index (κ3) is 2.81. The molecule has 0 saturated carbocycles. The van der Waals surface area contributed by atoms with Gasteiger partial charge in [0, 0.05) is 23.8 Å². The molecule has 0 spiro atoms. The summed E-state index contributed by atoms with van der Waals surface area (Å²) in [5, 5.41) is 10.3. The monoisotopic (exact) mass is 290 g/mol. The molecule has 0 heterocycles. The zero-order chi connectivity index (χ0) is 15.4. The van der Waals surface area contributed by atoms with E-state index in [-0.39, 0.29) is 5.75 Å². The Balaban J connectivity index is 2.66. The van der Waals surface area contributed by atoms with E-state index in [2.05, 4.69) is 0 Å². The van der Waals surface area contributed by atoms with Gasteiger partial charge in [-0.15, -0.1) is 0 Å². The van der Waals surface area contributed by atoms with Crippen molar-refractivity contribution in [2.24, 2.45) is 0 Å². The average molecular weight is 290 g/mol. The molecule has 0 amide bonds. The van der Waals surface area contributed by atoms with Crippen LogP contribution in [0.1, 0.15) is 0 Å². The molecule has 0 aliphatic carbocycles. The van der Waals surface area contributed by atoms with Crippen molar-refractivity contribution in [3.05, 3.63) is 30.3 Å². The predicted octanol–water partition coefficient (Wildman–Crippen LogP) is 3.09. The lowest BCUT2D eigenvalue weighted by Gasteiger charge is -2.16. The molecule has 2 aromatic carbocycles. The SMILES string of the molecule is COc1ccc(-c2c(O)cc(OC)cc2OC)c(OC)c1. The number of phenols is 1. The van der Waals surface area contributed by atoms with Gasteiger partial charge in [-0.05, 0) is 12.1 Å². The van der Waals surface area contributed by atoms with E-state index in [1.54, 1.807) is 32.4 Å². The largest absolute Gasteiger partial charge is 0.507 e. The van der Waals surface area contributed by atoms with Gasteiger partial charge in [0.15, 0.2) is 0 Å². The van der Waals surface area contributed by atoms with Crippen LogP contribution in [0.15, 0.2) is 30.3 Å². The Morgan fingerprint density at radius 1 is 0.714 bits per heavy atom. The molecule has 0 aliphatic heterocycles. The van der Waals surface area contributed by atoms with Crippen LogP contribution in [0.4, 0.5) is 0 Å². The molecule has 5 heteroatoms. The number of phenolic OH excluding ortho intramolecular Hbond substituents is 1. The van der Waals surface area contributed by atoms with E-state index in [1.165, 1.54) is 20.3 Å². The fraction of sp³-hybridized carbons (Fsp3) is 0.250. The summed E-state index contributed by atoms with van der Waals surface area (Å²) >= 11 is 0. The predicted molar refractivity (Wildman–Crippen MR) is 79.8 cm³/mol. The molecule has 1 N–H and O–H groups in total. The summed E-state index contributed by atoms with van der Waals surface area (Å²) in [5.41, 5.74) is 1.24. The molecular formula is C16H18O5. The van der Waals surface area contributed by atoms with Crippen LogP contribution in [-0.4, -0.2) is 33.5 Å². The Morgan fingerprint density at radius 2 is 1.33 bits per heavy atom. The molecule has 0 radical (unpaired) electrons. The highest BCUT2D eigenvalue weighted by Crippen LogP contribution is 2.45. The highest BCUT2D eigenvalue weighted by molar-refractivity contribution is 5.82. The van der Waals surface area contributed by atoms with Crippen molar-refractivity contribution in [3.63, 3.8) is 0 Å². The maximum atomic E-state index is 10.3. The van der Waals surface area contributed by atoms with Crippen molar-refractivity contribution in [1.29, 1.82) is 0 Å². The lowest BCUT2D eigenvalue weighted by atomic mass is 10.0. The minimum Gasteiger partial charge on any atom is -0.507 e. The lowest BCUT2D eigenvalue weighted by molar-refractivity contribution is 0.384. The Hall–Kier alpha value is -2.56. The number of ether oxygens (including phenoxy) is 4. The van der Waals surface area contributed by atoms with E-state index in [0.29, 0.717) is 34.1 Å². The van der Waals surface area contributed by atoms with Gasteiger partial charge in [0.2, 0.25) is 0 Å². The topological polar surface area (TPSA) is 57.2 Å². The van der Waals surface area contributed by atoms with Crippen LogP contribution < -0.4 is 18.9 Å². The van der Waals surface area contributed by atoms with Crippen LogP contribution in [0.25, 0.3) is 11.1 Å². The maximum Gasteiger partial charge on any atom is 0.134 e. The first kappa shape index (κ1) is 14.8. The van der Waals surface area contributed by atoms with Gasteiger partial charge in [0.1, 0.15) is 28.7 Å². The Morgan fingerprint density at radius 3 is 1.90 bits per heavy atom. The van der Waals surface area contributed by atoms with Gasteiger partial charge < -0.3 is 24.1 Å². The minimum absolute atomic E-state index is 0.0506. The van der Waals surface area contributed by atoms with Crippen molar-refractivity contribution < 1.29 is 24.1 Å². The van der Waals surface area contributed by atoms with Gasteiger partial charge in [0.25, 0.3) is 0 Å². The highest BCUT2D eigenvalue weighted by atomic mass is 16.5. The lowest BCUT2D eigenvalue weighted by Crippen LogP contribution is -1.95. The zero-order valence-electron chi connectivity index (χ0n) is 12.5. The molecule has 0 unspecified atom stereocenters. The molecule has 2 rings (SSSR count). The Bertz CT molecular complexity index is 637. The van der Waals surface area contributed by atoms with E-state index >= 15 is 0 Å². The maximum absolute atomic E-state index is 10.3. The quantitative estimate of drug-likeness (QED) is 0.917. The minimum atomic E-state index is 0.0506. The summed E-state index contributed by atoms with van der Waals surface area (Å²) in [6, 6.07) is 8.58. The van der Waals surface area contributed by atoms with E-state index in [9.17, 15) is 5.11 Å². The summed E-state index contributed by atoms with van der Waals surface area (Å²) in [6.07, 6.45) is 0. The number of hydrogen-bond donors (Lipinski definition) is 1. The molecule has 0 bridgehead atoms. The van der Waals surface area contributed by atoms with Gasteiger partial charge in [0.05, 0.1) is 34.0 Å².